The molecular weight excluding hydrogens is 601 g/mol. The number of methoxy groups -OCH3 is 1. The molecule has 0 aliphatic rings. The Bertz CT molecular complexity index is 1360. The summed E-state index contributed by atoms with van der Waals surface area (Å²) in [7, 11) is -7.42. The quantitative estimate of drug-likeness (QED) is 0.220. The number of anilines is 1. The molecule has 0 aliphatic heterocycles. The number of halogens is 3. The van der Waals surface area contributed by atoms with Crippen molar-refractivity contribution >= 4 is 49.8 Å². The minimum Gasteiger partial charge on any atom is -0.385 e. The highest BCUT2D eigenvalue weighted by atomic mass is 79.9. The van der Waals surface area contributed by atoms with Gasteiger partial charge in [0.15, 0.2) is 15.0 Å². The largest absolute Gasteiger partial charge is 0.399 e. The molecular formula is C22H24BrF2N2O6PS2. The molecule has 0 spiro atoms. The summed E-state index contributed by atoms with van der Waals surface area (Å²) in [4.78, 5) is 24.9. The van der Waals surface area contributed by atoms with Gasteiger partial charge in [0, 0.05) is 54.0 Å². The second kappa shape index (κ2) is 11.3. The SMILES string of the molecule is COCCCN(Cc1ccc(C(F)(F)P(=O)(O)O)c(Br)c1)c1nc(-c2ccc(S(C)(=O)=O)cc2)cs1. The standard InChI is InChI=1S/C22H24BrF2N2O6PS2/c1-33-11-3-10-27(13-15-4-9-18(19(23)12-15)22(24,25)34(28,29)30)21-26-20(14-35-21)16-5-7-17(8-6-16)36(2,31)32/h4-9,12,14H,3,10-11,13H2,1-2H3,(H2,28,29,30). The average Bonchev–Trinajstić information content (AvgIpc) is 3.27. The van der Waals surface area contributed by atoms with E-state index in [0.29, 0.717) is 42.5 Å². The zero-order chi connectivity index (χ0) is 26.7. The second-order valence-corrected chi connectivity index (χ2v) is 13.3. The first-order valence-corrected chi connectivity index (χ1v) is 15.6. The van der Waals surface area contributed by atoms with E-state index in [0.717, 1.165) is 17.9 Å². The summed E-state index contributed by atoms with van der Waals surface area (Å²) >= 11 is 4.40. The van der Waals surface area contributed by atoms with E-state index in [-0.39, 0.29) is 9.37 Å². The molecule has 0 amide bonds. The summed E-state index contributed by atoms with van der Waals surface area (Å²) in [5.41, 5.74) is -3.09. The van der Waals surface area contributed by atoms with Crippen molar-refractivity contribution in [2.45, 2.75) is 23.5 Å². The van der Waals surface area contributed by atoms with Crippen LogP contribution in [0.1, 0.15) is 17.5 Å². The fourth-order valence-corrected chi connectivity index (χ4v) is 6.16. The van der Waals surface area contributed by atoms with Crippen LogP contribution in [-0.2, 0) is 31.3 Å². The Morgan fingerprint density at radius 1 is 1.19 bits per heavy atom. The molecule has 0 aliphatic carbocycles. The molecule has 2 N–H and O–H groups in total. The molecule has 8 nitrogen and oxygen atoms in total. The Kier molecular flexibility index (Phi) is 9.08. The molecule has 0 radical (unpaired) electrons. The molecule has 0 fully saturated rings. The van der Waals surface area contributed by atoms with Gasteiger partial charge in [0.05, 0.1) is 10.6 Å². The maximum absolute atomic E-state index is 14.2. The van der Waals surface area contributed by atoms with Crippen molar-refractivity contribution in [1.82, 2.24) is 4.98 Å². The van der Waals surface area contributed by atoms with Gasteiger partial charge in [-0.15, -0.1) is 11.3 Å². The van der Waals surface area contributed by atoms with Crippen molar-refractivity contribution in [3.63, 3.8) is 0 Å². The minimum absolute atomic E-state index is 0.115. The number of ether oxygens (including phenoxy) is 1. The van der Waals surface area contributed by atoms with Crippen molar-refractivity contribution in [1.29, 1.82) is 0 Å². The predicted molar refractivity (Wildman–Crippen MR) is 138 cm³/mol. The molecule has 36 heavy (non-hydrogen) atoms. The number of thiazole rings is 1. The third-order valence-electron chi connectivity index (χ3n) is 5.21. The summed E-state index contributed by atoms with van der Waals surface area (Å²) in [5.74, 6) is 0. The highest BCUT2D eigenvalue weighted by Gasteiger charge is 2.51. The summed E-state index contributed by atoms with van der Waals surface area (Å²) in [6, 6.07) is 10.2. The summed E-state index contributed by atoms with van der Waals surface area (Å²) in [6.07, 6.45) is 1.81. The highest BCUT2D eigenvalue weighted by molar-refractivity contribution is 9.10. The van der Waals surface area contributed by atoms with E-state index in [2.05, 4.69) is 20.9 Å². The van der Waals surface area contributed by atoms with Crippen LogP contribution >= 0.6 is 34.9 Å². The van der Waals surface area contributed by atoms with Crippen LogP contribution < -0.4 is 4.90 Å². The summed E-state index contributed by atoms with van der Waals surface area (Å²) in [6.45, 7) is 1.34. The molecule has 0 atom stereocenters. The maximum Gasteiger partial charge on any atom is 0.399 e. The van der Waals surface area contributed by atoms with Crippen LogP contribution in [0.3, 0.4) is 0 Å². The van der Waals surface area contributed by atoms with Crippen LogP contribution in [0.5, 0.6) is 0 Å². The Morgan fingerprint density at radius 2 is 1.86 bits per heavy atom. The number of alkyl halides is 2. The van der Waals surface area contributed by atoms with Gasteiger partial charge in [-0.2, -0.15) is 8.78 Å². The fourth-order valence-electron chi connectivity index (χ4n) is 3.34. The molecule has 196 valence electrons. The smallest absolute Gasteiger partial charge is 0.385 e. The van der Waals surface area contributed by atoms with E-state index in [1.807, 2.05) is 10.3 Å². The Morgan fingerprint density at radius 3 is 2.42 bits per heavy atom. The lowest BCUT2D eigenvalue weighted by molar-refractivity contribution is 0.0557. The van der Waals surface area contributed by atoms with Gasteiger partial charge >= 0.3 is 13.3 Å². The molecule has 3 aromatic rings. The van der Waals surface area contributed by atoms with Crippen molar-refractivity contribution in [2.75, 3.05) is 31.4 Å². The molecule has 1 aromatic heterocycles. The van der Waals surface area contributed by atoms with Crippen molar-refractivity contribution < 1.29 is 36.3 Å². The van der Waals surface area contributed by atoms with Crippen LogP contribution in [0, 0.1) is 0 Å². The number of sulfone groups is 1. The summed E-state index contributed by atoms with van der Waals surface area (Å²) in [5, 5.41) is 2.50. The lowest BCUT2D eigenvalue weighted by atomic mass is 10.1. The fraction of sp³-hybridized carbons (Fsp3) is 0.318. The monoisotopic (exact) mass is 624 g/mol. The number of hydrogen-bond donors (Lipinski definition) is 2. The molecule has 3 rings (SSSR count). The van der Waals surface area contributed by atoms with Gasteiger partial charge in [-0.25, -0.2) is 13.4 Å². The van der Waals surface area contributed by atoms with Crippen LogP contribution in [-0.4, -0.2) is 49.7 Å². The molecule has 0 saturated carbocycles. The molecule has 0 saturated heterocycles. The first-order chi connectivity index (χ1) is 16.7. The number of benzene rings is 2. The van der Waals surface area contributed by atoms with E-state index in [4.69, 9.17) is 14.5 Å². The Hall–Kier alpha value is -1.73. The van der Waals surface area contributed by atoms with Gasteiger partial charge in [0.25, 0.3) is 0 Å². The zero-order valence-electron chi connectivity index (χ0n) is 19.3. The molecule has 1 heterocycles. The van der Waals surface area contributed by atoms with E-state index in [9.17, 15) is 21.8 Å². The van der Waals surface area contributed by atoms with E-state index in [1.165, 1.54) is 35.6 Å². The number of hydrogen-bond acceptors (Lipinski definition) is 7. The summed E-state index contributed by atoms with van der Waals surface area (Å²) < 4.78 is 68.1. The molecule has 0 unspecified atom stereocenters. The molecule has 14 heteroatoms. The predicted octanol–water partition coefficient (Wildman–Crippen LogP) is 5.25. The first kappa shape index (κ1) is 28.8. The van der Waals surface area contributed by atoms with Crippen molar-refractivity contribution in [2.24, 2.45) is 0 Å². The third kappa shape index (κ3) is 6.77. The lowest BCUT2D eigenvalue weighted by Crippen LogP contribution is -2.25. The van der Waals surface area contributed by atoms with E-state index >= 15 is 0 Å². The number of rotatable bonds is 11. The lowest BCUT2D eigenvalue weighted by Gasteiger charge is -2.23. The van der Waals surface area contributed by atoms with Gasteiger partial charge in [0.2, 0.25) is 0 Å². The first-order valence-electron chi connectivity index (χ1n) is 10.5. The topological polar surface area (TPSA) is 117 Å². The van der Waals surface area contributed by atoms with Crippen LogP contribution in [0.4, 0.5) is 13.9 Å². The average molecular weight is 625 g/mol. The van der Waals surface area contributed by atoms with Crippen LogP contribution in [0.15, 0.2) is 57.2 Å². The van der Waals surface area contributed by atoms with Gasteiger partial charge in [0.1, 0.15) is 0 Å². The number of aromatic nitrogens is 1. The normalized spacial score (nSPS) is 12.6. The van der Waals surface area contributed by atoms with E-state index in [1.54, 1.807) is 19.2 Å². The maximum atomic E-state index is 14.2. The Labute approximate surface area is 220 Å². The van der Waals surface area contributed by atoms with Gasteiger partial charge in [-0.1, -0.05) is 40.2 Å². The minimum atomic E-state index is -5.69. The Balaban J connectivity index is 1.87. The number of nitrogens with zero attached hydrogens (tertiary/aromatic N) is 2. The van der Waals surface area contributed by atoms with E-state index < -0.39 is 28.7 Å². The van der Waals surface area contributed by atoms with Gasteiger partial charge in [-0.05, 0) is 30.2 Å². The van der Waals surface area contributed by atoms with Crippen LogP contribution in [0.25, 0.3) is 11.3 Å². The van der Waals surface area contributed by atoms with Gasteiger partial charge < -0.3 is 19.4 Å². The van der Waals surface area contributed by atoms with Crippen LogP contribution in [0.2, 0.25) is 0 Å². The van der Waals surface area contributed by atoms with Gasteiger partial charge in [-0.3, -0.25) is 4.57 Å². The van der Waals surface area contributed by atoms with Crippen molar-refractivity contribution in [3.05, 3.63) is 63.4 Å². The highest BCUT2D eigenvalue weighted by Crippen LogP contribution is 2.60. The van der Waals surface area contributed by atoms with Crippen molar-refractivity contribution in [3.8, 4) is 11.3 Å². The molecule has 2 aromatic carbocycles. The third-order valence-corrected chi connectivity index (χ3v) is 8.87. The molecule has 0 bridgehead atoms. The zero-order valence-corrected chi connectivity index (χ0v) is 23.4. The second-order valence-electron chi connectivity index (χ2n) is 7.98.